The Bertz CT molecular complexity index is 703. The van der Waals surface area contributed by atoms with Gasteiger partial charge in [-0.3, -0.25) is 9.89 Å². The Labute approximate surface area is 134 Å². The number of aromatic nitrogens is 3. The van der Waals surface area contributed by atoms with E-state index in [9.17, 15) is 4.79 Å². The van der Waals surface area contributed by atoms with E-state index < -0.39 is 0 Å². The van der Waals surface area contributed by atoms with Gasteiger partial charge in [-0.2, -0.15) is 5.10 Å². The molecule has 0 bridgehead atoms. The number of carbonyl (C=O) groups is 1. The second-order valence-electron chi connectivity index (χ2n) is 5.37. The highest BCUT2D eigenvalue weighted by Gasteiger charge is 2.23. The number of hydrogen-bond donors (Lipinski definition) is 2. The van der Waals surface area contributed by atoms with E-state index in [0.29, 0.717) is 21.9 Å². The number of amides is 1. The van der Waals surface area contributed by atoms with Crippen molar-refractivity contribution in [3.05, 3.63) is 40.4 Å². The molecular formula is C15H20N4O2S. The Morgan fingerprint density at radius 2 is 2.00 bits per heavy atom. The van der Waals surface area contributed by atoms with Crippen LogP contribution in [0.2, 0.25) is 0 Å². The fourth-order valence-corrected chi connectivity index (χ4v) is 2.27. The van der Waals surface area contributed by atoms with E-state index in [4.69, 9.17) is 17.0 Å². The zero-order valence-corrected chi connectivity index (χ0v) is 13.9. The molecule has 2 N–H and O–H groups in total. The molecule has 1 aromatic carbocycles. The highest BCUT2D eigenvalue weighted by molar-refractivity contribution is 7.71. The quantitative estimate of drug-likeness (QED) is 0.831. The summed E-state index contributed by atoms with van der Waals surface area (Å²) in [4.78, 5) is 12.4. The molecule has 0 aliphatic carbocycles. The molecule has 6 nitrogen and oxygen atoms in total. The molecule has 0 saturated heterocycles. The molecule has 0 saturated carbocycles. The minimum absolute atomic E-state index is 0.157. The summed E-state index contributed by atoms with van der Waals surface area (Å²) in [5.41, 5.74) is 0.572. The molecule has 0 radical (unpaired) electrons. The first-order valence-electron chi connectivity index (χ1n) is 7.00. The maximum absolute atomic E-state index is 12.4. The maximum Gasteiger partial charge on any atom is 0.251 e. The maximum atomic E-state index is 12.4. The van der Waals surface area contributed by atoms with Gasteiger partial charge in [0.25, 0.3) is 5.91 Å². The van der Waals surface area contributed by atoms with Crippen LogP contribution in [-0.2, 0) is 7.05 Å². The van der Waals surface area contributed by atoms with Crippen LogP contribution in [0.5, 0.6) is 5.75 Å². The molecule has 0 aliphatic rings. The van der Waals surface area contributed by atoms with Crippen molar-refractivity contribution in [3.63, 3.8) is 0 Å². The van der Waals surface area contributed by atoms with Gasteiger partial charge in [-0.05, 0) is 42.4 Å². The van der Waals surface area contributed by atoms with Crippen LogP contribution in [0.4, 0.5) is 0 Å². The van der Waals surface area contributed by atoms with E-state index >= 15 is 0 Å². The van der Waals surface area contributed by atoms with Gasteiger partial charge in [0.1, 0.15) is 5.75 Å². The second kappa shape index (κ2) is 6.74. The number of carbonyl (C=O) groups excluding carboxylic acids is 1. The first-order chi connectivity index (χ1) is 10.4. The monoisotopic (exact) mass is 320 g/mol. The number of nitrogens with one attached hydrogen (secondary N) is 2. The van der Waals surface area contributed by atoms with Gasteiger partial charge in [-0.15, -0.1) is 0 Å². The van der Waals surface area contributed by atoms with Gasteiger partial charge in [0.15, 0.2) is 10.6 Å². The van der Waals surface area contributed by atoms with Gasteiger partial charge in [-0.1, -0.05) is 13.8 Å². The first-order valence-corrected chi connectivity index (χ1v) is 7.41. The fourth-order valence-electron chi connectivity index (χ4n) is 2.13. The van der Waals surface area contributed by atoms with Gasteiger partial charge < -0.3 is 14.6 Å². The van der Waals surface area contributed by atoms with Crippen molar-refractivity contribution >= 4 is 18.1 Å². The van der Waals surface area contributed by atoms with Crippen molar-refractivity contribution in [2.24, 2.45) is 13.0 Å². The van der Waals surface area contributed by atoms with Crippen LogP contribution >= 0.6 is 12.2 Å². The van der Waals surface area contributed by atoms with E-state index in [1.807, 2.05) is 20.9 Å². The standard InChI is InChI=1S/C15H20N4O2S/c1-9(2)12(13-17-18-15(22)19(13)3)16-14(20)10-5-7-11(21-4)8-6-10/h5-9,12H,1-4H3,(H,16,20)(H,18,22)/t12-/m1/s1. The summed E-state index contributed by atoms with van der Waals surface area (Å²) in [6.45, 7) is 4.05. The molecule has 1 amide bonds. The predicted molar refractivity (Wildman–Crippen MR) is 86.4 cm³/mol. The Morgan fingerprint density at radius 3 is 2.45 bits per heavy atom. The molecule has 118 valence electrons. The summed E-state index contributed by atoms with van der Waals surface area (Å²) in [6.07, 6.45) is 0. The van der Waals surface area contributed by atoms with Gasteiger partial charge >= 0.3 is 0 Å². The van der Waals surface area contributed by atoms with E-state index in [1.54, 1.807) is 35.9 Å². The molecule has 0 unspecified atom stereocenters. The van der Waals surface area contributed by atoms with Crippen LogP contribution in [0.3, 0.4) is 0 Å². The molecular weight excluding hydrogens is 300 g/mol. The van der Waals surface area contributed by atoms with E-state index in [1.165, 1.54) is 0 Å². The van der Waals surface area contributed by atoms with E-state index in [-0.39, 0.29) is 17.9 Å². The van der Waals surface area contributed by atoms with Crippen LogP contribution in [0, 0.1) is 10.7 Å². The van der Waals surface area contributed by atoms with Gasteiger partial charge in [-0.25, -0.2) is 0 Å². The zero-order valence-electron chi connectivity index (χ0n) is 13.1. The number of nitrogens with zero attached hydrogens (tertiary/aromatic N) is 2. The van der Waals surface area contributed by atoms with Crippen molar-refractivity contribution in [3.8, 4) is 5.75 Å². The average Bonchev–Trinajstić information content (AvgIpc) is 2.84. The normalized spacial score (nSPS) is 12.2. The lowest BCUT2D eigenvalue weighted by molar-refractivity contribution is 0.0922. The summed E-state index contributed by atoms with van der Waals surface area (Å²) in [5, 5.41) is 9.98. The third-order valence-corrected chi connectivity index (χ3v) is 3.86. The lowest BCUT2D eigenvalue weighted by atomic mass is 10.0. The molecule has 1 atom stereocenters. The Morgan fingerprint density at radius 1 is 1.36 bits per heavy atom. The third-order valence-electron chi connectivity index (χ3n) is 3.50. The highest BCUT2D eigenvalue weighted by Crippen LogP contribution is 2.20. The fraction of sp³-hybridized carbons (Fsp3) is 0.400. The second-order valence-corrected chi connectivity index (χ2v) is 5.76. The van der Waals surface area contributed by atoms with Crippen molar-refractivity contribution < 1.29 is 9.53 Å². The smallest absolute Gasteiger partial charge is 0.251 e. The minimum atomic E-state index is -0.229. The molecule has 7 heteroatoms. The zero-order chi connectivity index (χ0) is 16.3. The summed E-state index contributed by atoms with van der Waals surface area (Å²) in [6, 6.07) is 6.75. The highest BCUT2D eigenvalue weighted by atomic mass is 32.1. The summed E-state index contributed by atoms with van der Waals surface area (Å²) < 4.78 is 7.39. The Hall–Kier alpha value is -2.15. The number of aromatic amines is 1. The molecule has 1 aromatic heterocycles. The molecule has 2 rings (SSSR count). The number of H-pyrrole nitrogens is 1. The van der Waals surface area contributed by atoms with E-state index in [0.717, 1.165) is 0 Å². The average molecular weight is 320 g/mol. The van der Waals surface area contributed by atoms with E-state index in [2.05, 4.69) is 15.5 Å². The Kier molecular flexibility index (Phi) is 4.97. The number of ether oxygens (including phenoxy) is 1. The SMILES string of the molecule is COc1ccc(C(=O)N[C@@H](c2n[nH]c(=S)n2C)C(C)C)cc1. The van der Waals surface area contributed by atoms with Gasteiger partial charge in [0.05, 0.1) is 13.2 Å². The Balaban J connectivity index is 2.22. The van der Waals surface area contributed by atoms with Gasteiger partial charge in [0, 0.05) is 12.6 Å². The van der Waals surface area contributed by atoms with Crippen LogP contribution in [-0.4, -0.2) is 27.8 Å². The molecule has 0 spiro atoms. The molecule has 1 heterocycles. The van der Waals surface area contributed by atoms with Crippen molar-refractivity contribution in [1.82, 2.24) is 20.1 Å². The topological polar surface area (TPSA) is 71.9 Å². The molecule has 0 fully saturated rings. The predicted octanol–water partition coefficient (Wildman–Crippen LogP) is 2.61. The molecule has 2 aromatic rings. The van der Waals surface area contributed by atoms with Crippen LogP contribution < -0.4 is 10.1 Å². The van der Waals surface area contributed by atoms with Crippen molar-refractivity contribution in [2.45, 2.75) is 19.9 Å². The van der Waals surface area contributed by atoms with Crippen LogP contribution in [0.15, 0.2) is 24.3 Å². The number of benzene rings is 1. The molecule has 0 aliphatic heterocycles. The van der Waals surface area contributed by atoms with Gasteiger partial charge in [0.2, 0.25) is 0 Å². The lowest BCUT2D eigenvalue weighted by Crippen LogP contribution is -2.33. The number of hydrogen-bond acceptors (Lipinski definition) is 4. The number of rotatable bonds is 5. The van der Waals surface area contributed by atoms with Crippen molar-refractivity contribution in [1.29, 1.82) is 0 Å². The first kappa shape index (κ1) is 16.2. The summed E-state index contributed by atoms with van der Waals surface area (Å²) in [7, 11) is 3.42. The summed E-state index contributed by atoms with van der Waals surface area (Å²) in [5.74, 6) is 1.44. The van der Waals surface area contributed by atoms with Crippen LogP contribution in [0.1, 0.15) is 36.1 Å². The van der Waals surface area contributed by atoms with Crippen LogP contribution in [0.25, 0.3) is 0 Å². The van der Waals surface area contributed by atoms with Crippen molar-refractivity contribution in [2.75, 3.05) is 7.11 Å². The largest absolute Gasteiger partial charge is 0.497 e. The third kappa shape index (κ3) is 3.36. The molecule has 22 heavy (non-hydrogen) atoms. The minimum Gasteiger partial charge on any atom is -0.497 e. The lowest BCUT2D eigenvalue weighted by Gasteiger charge is -2.21. The summed E-state index contributed by atoms with van der Waals surface area (Å²) >= 11 is 5.13. The number of methoxy groups -OCH3 is 1.